The third-order valence-electron chi connectivity index (χ3n) is 2.75. The van der Waals surface area contributed by atoms with E-state index in [0.29, 0.717) is 12.5 Å². The molecule has 5 heteroatoms. The first kappa shape index (κ1) is 17.0. The normalized spacial score (nSPS) is 12.0. The monoisotopic (exact) mass is 291 g/mol. The van der Waals surface area contributed by atoms with Gasteiger partial charge in [-0.05, 0) is 38.8 Å². The molecule has 0 heterocycles. The van der Waals surface area contributed by atoms with Crippen molar-refractivity contribution in [3.63, 3.8) is 0 Å². The van der Waals surface area contributed by atoms with Crippen molar-refractivity contribution >= 4 is 11.9 Å². The van der Waals surface area contributed by atoms with Crippen molar-refractivity contribution in [3.05, 3.63) is 35.4 Å². The van der Waals surface area contributed by atoms with E-state index in [1.807, 2.05) is 32.9 Å². The van der Waals surface area contributed by atoms with E-state index in [2.05, 4.69) is 34.7 Å². The van der Waals surface area contributed by atoms with Crippen LogP contribution < -0.4 is 10.6 Å². The lowest BCUT2D eigenvalue weighted by Crippen LogP contribution is -2.41. The summed E-state index contributed by atoms with van der Waals surface area (Å²) >= 11 is 0. The first-order valence-corrected chi connectivity index (χ1v) is 7.02. The van der Waals surface area contributed by atoms with Gasteiger partial charge in [-0.2, -0.15) is 0 Å². The van der Waals surface area contributed by atoms with E-state index in [4.69, 9.17) is 4.74 Å². The zero-order chi connectivity index (χ0) is 15.9. The number of nitrogens with one attached hydrogen (secondary N) is 2. The number of carbonyl (C=O) groups is 1. The first-order valence-electron chi connectivity index (χ1n) is 7.02. The maximum absolute atomic E-state index is 11.6. The van der Waals surface area contributed by atoms with Crippen molar-refractivity contribution in [2.45, 2.75) is 39.8 Å². The fourth-order valence-corrected chi connectivity index (χ4v) is 1.74. The van der Waals surface area contributed by atoms with Crippen molar-refractivity contribution in [2.24, 2.45) is 4.99 Å². The second-order valence-corrected chi connectivity index (χ2v) is 5.79. The zero-order valence-corrected chi connectivity index (χ0v) is 13.5. The molecule has 0 fully saturated rings. The van der Waals surface area contributed by atoms with Crippen LogP contribution >= 0.6 is 0 Å². The van der Waals surface area contributed by atoms with Crippen LogP contribution in [0.5, 0.6) is 0 Å². The number of aliphatic imine (C=N–C) groups is 1. The second kappa shape index (κ2) is 7.67. The third-order valence-corrected chi connectivity index (χ3v) is 2.75. The lowest BCUT2D eigenvalue weighted by Gasteiger charge is -2.20. The Morgan fingerprint density at radius 1 is 1.24 bits per heavy atom. The molecule has 116 valence electrons. The van der Waals surface area contributed by atoms with Gasteiger partial charge in [-0.1, -0.05) is 24.3 Å². The summed E-state index contributed by atoms with van der Waals surface area (Å²) in [4.78, 5) is 15.7. The van der Waals surface area contributed by atoms with Crippen LogP contribution in [0.3, 0.4) is 0 Å². The molecule has 0 aliphatic rings. The topological polar surface area (TPSA) is 62.7 Å². The minimum absolute atomic E-state index is 0.0880. The molecule has 0 aliphatic heterocycles. The molecule has 1 aromatic rings. The molecule has 21 heavy (non-hydrogen) atoms. The SMILES string of the molecule is CN=C(NCC(=O)OC(C)(C)C)NCc1ccccc1C. The van der Waals surface area contributed by atoms with Crippen LogP contribution in [0, 0.1) is 6.92 Å². The third kappa shape index (κ3) is 6.79. The molecule has 0 unspecified atom stereocenters. The van der Waals surface area contributed by atoms with Crippen LogP contribution in [0.25, 0.3) is 0 Å². The average Bonchev–Trinajstić information content (AvgIpc) is 2.38. The van der Waals surface area contributed by atoms with Gasteiger partial charge in [0.2, 0.25) is 0 Å². The van der Waals surface area contributed by atoms with Crippen molar-refractivity contribution in [3.8, 4) is 0 Å². The number of rotatable bonds is 4. The van der Waals surface area contributed by atoms with E-state index in [1.165, 1.54) is 11.1 Å². The van der Waals surface area contributed by atoms with E-state index in [9.17, 15) is 4.79 Å². The fourth-order valence-electron chi connectivity index (χ4n) is 1.74. The standard InChI is InChI=1S/C16H25N3O2/c1-12-8-6-7-9-13(12)10-18-15(17-5)19-11-14(20)21-16(2,3)4/h6-9H,10-11H2,1-5H3,(H2,17,18,19). The van der Waals surface area contributed by atoms with Gasteiger partial charge in [0.25, 0.3) is 0 Å². The van der Waals surface area contributed by atoms with E-state index >= 15 is 0 Å². The maximum Gasteiger partial charge on any atom is 0.325 e. The number of esters is 1. The van der Waals surface area contributed by atoms with Gasteiger partial charge < -0.3 is 15.4 Å². The molecule has 1 aromatic carbocycles. The highest BCUT2D eigenvalue weighted by molar-refractivity contribution is 5.84. The molecule has 5 nitrogen and oxygen atoms in total. The molecule has 0 bridgehead atoms. The Balaban J connectivity index is 2.43. The van der Waals surface area contributed by atoms with Gasteiger partial charge in [0, 0.05) is 13.6 Å². The van der Waals surface area contributed by atoms with Gasteiger partial charge in [-0.3, -0.25) is 9.79 Å². The number of benzene rings is 1. The summed E-state index contributed by atoms with van der Waals surface area (Å²) in [5.41, 5.74) is 1.93. The predicted molar refractivity (Wildman–Crippen MR) is 85.2 cm³/mol. The highest BCUT2D eigenvalue weighted by Gasteiger charge is 2.16. The molecule has 0 aliphatic carbocycles. The van der Waals surface area contributed by atoms with Crippen LogP contribution in [0.15, 0.2) is 29.3 Å². The summed E-state index contributed by atoms with van der Waals surface area (Å²) in [5, 5.41) is 6.12. The van der Waals surface area contributed by atoms with E-state index in [0.717, 1.165) is 0 Å². The molecule has 0 saturated carbocycles. The van der Waals surface area contributed by atoms with E-state index in [1.54, 1.807) is 7.05 Å². The summed E-state index contributed by atoms with van der Waals surface area (Å²) < 4.78 is 5.23. The average molecular weight is 291 g/mol. The highest BCUT2D eigenvalue weighted by Crippen LogP contribution is 2.07. The van der Waals surface area contributed by atoms with Gasteiger partial charge >= 0.3 is 5.97 Å². The largest absolute Gasteiger partial charge is 0.459 e. The molecular formula is C16H25N3O2. The Morgan fingerprint density at radius 2 is 1.90 bits per heavy atom. The summed E-state index contributed by atoms with van der Waals surface area (Å²) in [5.74, 6) is 0.269. The highest BCUT2D eigenvalue weighted by atomic mass is 16.6. The van der Waals surface area contributed by atoms with Crippen molar-refractivity contribution in [2.75, 3.05) is 13.6 Å². The number of guanidine groups is 1. The zero-order valence-electron chi connectivity index (χ0n) is 13.5. The first-order chi connectivity index (χ1) is 9.81. The second-order valence-electron chi connectivity index (χ2n) is 5.79. The lowest BCUT2D eigenvalue weighted by molar-refractivity contribution is -0.153. The number of hydrogen-bond donors (Lipinski definition) is 2. The number of aryl methyl sites for hydroxylation is 1. The summed E-state index contributed by atoms with van der Waals surface area (Å²) in [6.07, 6.45) is 0. The number of carbonyl (C=O) groups excluding carboxylic acids is 1. The maximum atomic E-state index is 11.6. The Kier molecular flexibility index (Phi) is 6.21. The molecule has 0 aromatic heterocycles. The Morgan fingerprint density at radius 3 is 2.48 bits per heavy atom. The Hall–Kier alpha value is -2.04. The van der Waals surface area contributed by atoms with Crippen molar-refractivity contribution in [1.82, 2.24) is 10.6 Å². The van der Waals surface area contributed by atoms with Gasteiger partial charge in [-0.25, -0.2) is 0 Å². The smallest absolute Gasteiger partial charge is 0.325 e. The van der Waals surface area contributed by atoms with Gasteiger partial charge in [0.1, 0.15) is 12.1 Å². The Labute approximate surface area is 126 Å². The lowest BCUT2D eigenvalue weighted by atomic mass is 10.1. The summed E-state index contributed by atoms with van der Waals surface area (Å²) in [7, 11) is 1.67. The number of nitrogens with zero attached hydrogens (tertiary/aromatic N) is 1. The molecule has 0 spiro atoms. The Bertz CT molecular complexity index is 504. The quantitative estimate of drug-likeness (QED) is 0.506. The number of hydrogen-bond acceptors (Lipinski definition) is 3. The van der Waals surface area contributed by atoms with Crippen LogP contribution in [0.4, 0.5) is 0 Å². The van der Waals surface area contributed by atoms with Crippen molar-refractivity contribution in [1.29, 1.82) is 0 Å². The minimum Gasteiger partial charge on any atom is -0.459 e. The molecule has 0 amide bonds. The molecule has 0 radical (unpaired) electrons. The molecule has 0 saturated heterocycles. The van der Waals surface area contributed by atoms with E-state index < -0.39 is 5.60 Å². The van der Waals surface area contributed by atoms with Crippen LogP contribution in [0.2, 0.25) is 0 Å². The molecule has 1 rings (SSSR count). The molecule has 0 atom stereocenters. The van der Waals surface area contributed by atoms with Crippen LogP contribution in [-0.2, 0) is 16.1 Å². The summed E-state index contributed by atoms with van der Waals surface area (Å²) in [6.45, 7) is 8.34. The number of ether oxygens (including phenoxy) is 1. The molecule has 2 N–H and O–H groups in total. The van der Waals surface area contributed by atoms with E-state index in [-0.39, 0.29) is 12.5 Å². The minimum atomic E-state index is -0.475. The molecular weight excluding hydrogens is 266 g/mol. The van der Waals surface area contributed by atoms with Crippen LogP contribution in [0.1, 0.15) is 31.9 Å². The van der Waals surface area contributed by atoms with Crippen molar-refractivity contribution < 1.29 is 9.53 Å². The van der Waals surface area contributed by atoms with Crippen LogP contribution in [-0.4, -0.2) is 31.1 Å². The van der Waals surface area contributed by atoms with Gasteiger partial charge in [0.15, 0.2) is 5.96 Å². The fraction of sp³-hybridized carbons (Fsp3) is 0.500. The van der Waals surface area contributed by atoms with Gasteiger partial charge in [0.05, 0.1) is 0 Å². The van der Waals surface area contributed by atoms with Gasteiger partial charge in [-0.15, -0.1) is 0 Å². The summed E-state index contributed by atoms with van der Waals surface area (Å²) in [6, 6.07) is 8.13. The predicted octanol–water partition coefficient (Wildman–Crippen LogP) is 2.00.